The molecule has 0 fully saturated rings. The van der Waals surface area contributed by atoms with Gasteiger partial charge in [0.05, 0.1) is 5.69 Å². The van der Waals surface area contributed by atoms with Gasteiger partial charge < -0.3 is 16.0 Å². The molecule has 0 spiro atoms. The molecule has 0 unspecified atom stereocenters. The molecule has 0 atom stereocenters. The normalized spacial score (nSPS) is 10.9. The summed E-state index contributed by atoms with van der Waals surface area (Å²) in [5, 5.41) is 0. The Balaban J connectivity index is 3.03. The second kappa shape index (κ2) is 2.47. The van der Waals surface area contributed by atoms with Gasteiger partial charge in [0, 0.05) is 25.0 Å². The van der Waals surface area contributed by atoms with Gasteiger partial charge in [0.2, 0.25) is 0 Å². The van der Waals surface area contributed by atoms with Crippen LogP contribution in [0.15, 0.2) is 18.6 Å². The van der Waals surface area contributed by atoms with Crippen molar-refractivity contribution in [1.29, 1.82) is 0 Å². The zero-order valence-electron chi connectivity index (χ0n) is 5.91. The molecule has 4 N–H and O–H groups in total. The fourth-order valence-electron chi connectivity index (χ4n) is 0.868. The number of nitrogens with two attached hydrogens (primary N) is 2. The predicted molar refractivity (Wildman–Crippen MR) is 43.0 cm³/mol. The maximum atomic E-state index is 5.60. The van der Waals surface area contributed by atoms with Crippen LogP contribution in [-0.4, -0.2) is 4.57 Å². The quantitative estimate of drug-likeness (QED) is 0.593. The Hall–Kier alpha value is -1.38. The molecular weight excluding hydrogens is 126 g/mol. The lowest BCUT2D eigenvalue weighted by molar-refractivity contribution is 0.928. The summed E-state index contributed by atoms with van der Waals surface area (Å²) in [6, 6.07) is 0. The van der Waals surface area contributed by atoms with E-state index in [1.54, 1.807) is 6.08 Å². The number of rotatable bonds is 1. The molecule has 54 valence electrons. The van der Waals surface area contributed by atoms with E-state index in [1.807, 2.05) is 24.0 Å². The van der Waals surface area contributed by atoms with E-state index in [2.05, 4.69) is 0 Å². The van der Waals surface area contributed by atoms with Crippen LogP contribution in [0, 0.1) is 0 Å². The summed E-state index contributed by atoms with van der Waals surface area (Å²) in [5.41, 5.74) is 12.5. The highest BCUT2D eigenvalue weighted by Crippen LogP contribution is 2.12. The third-order valence-corrected chi connectivity index (χ3v) is 1.29. The molecule has 0 saturated carbocycles. The van der Waals surface area contributed by atoms with Crippen LogP contribution < -0.4 is 11.5 Å². The van der Waals surface area contributed by atoms with Crippen LogP contribution in [0.1, 0.15) is 5.56 Å². The first-order valence-electron chi connectivity index (χ1n) is 3.03. The summed E-state index contributed by atoms with van der Waals surface area (Å²) in [6.07, 6.45) is 7.01. The van der Waals surface area contributed by atoms with Crippen LogP contribution in [0.3, 0.4) is 0 Å². The van der Waals surface area contributed by atoms with E-state index in [4.69, 9.17) is 11.5 Å². The van der Waals surface area contributed by atoms with Crippen LogP contribution in [0.5, 0.6) is 0 Å². The molecule has 3 heteroatoms. The lowest BCUT2D eigenvalue weighted by atomic mass is 10.3. The highest BCUT2D eigenvalue weighted by atomic mass is 14.9. The van der Waals surface area contributed by atoms with Crippen molar-refractivity contribution in [2.75, 3.05) is 5.73 Å². The van der Waals surface area contributed by atoms with Gasteiger partial charge in [-0.15, -0.1) is 0 Å². The molecule has 0 aliphatic carbocycles. The number of hydrogen-bond donors (Lipinski definition) is 2. The molecule has 0 aliphatic heterocycles. The van der Waals surface area contributed by atoms with Gasteiger partial charge in [-0.3, -0.25) is 0 Å². The molecule has 0 radical (unpaired) electrons. The van der Waals surface area contributed by atoms with Crippen molar-refractivity contribution in [2.24, 2.45) is 12.8 Å². The van der Waals surface area contributed by atoms with Gasteiger partial charge in [-0.25, -0.2) is 0 Å². The summed E-state index contributed by atoms with van der Waals surface area (Å²) < 4.78 is 1.89. The Kier molecular flexibility index (Phi) is 1.67. The fraction of sp³-hybridized carbons (Fsp3) is 0.143. The predicted octanol–water partition coefficient (Wildman–Crippen LogP) is 0.537. The minimum Gasteiger partial charge on any atom is -0.405 e. The third kappa shape index (κ3) is 1.13. The number of nitrogens with zero attached hydrogens (tertiary/aromatic N) is 1. The summed E-state index contributed by atoms with van der Waals surface area (Å²) in [4.78, 5) is 0. The minimum atomic E-state index is 0.754. The minimum absolute atomic E-state index is 0.754. The summed E-state index contributed by atoms with van der Waals surface area (Å²) in [5.74, 6) is 0. The standard InChI is InChI=1S/C7H11N3/c1-10-4-6(2-3-8)7(9)5-10/h2-5H,8-9H2,1H3/b3-2-. The zero-order valence-corrected chi connectivity index (χ0v) is 5.91. The molecule has 1 aromatic rings. The fourth-order valence-corrected chi connectivity index (χ4v) is 0.868. The largest absolute Gasteiger partial charge is 0.405 e. The Labute approximate surface area is 59.9 Å². The van der Waals surface area contributed by atoms with E-state index in [0.29, 0.717) is 0 Å². The molecule has 1 heterocycles. The van der Waals surface area contributed by atoms with Crippen LogP contribution >= 0.6 is 0 Å². The molecule has 0 bridgehead atoms. The van der Waals surface area contributed by atoms with Crippen molar-refractivity contribution in [1.82, 2.24) is 4.57 Å². The molecule has 0 saturated heterocycles. The molecule has 3 nitrogen and oxygen atoms in total. The van der Waals surface area contributed by atoms with E-state index >= 15 is 0 Å². The molecule has 0 amide bonds. The number of nitrogen functional groups attached to an aromatic ring is 1. The van der Waals surface area contributed by atoms with Crippen molar-refractivity contribution in [3.8, 4) is 0 Å². The van der Waals surface area contributed by atoms with Crippen molar-refractivity contribution in [3.05, 3.63) is 24.2 Å². The van der Waals surface area contributed by atoms with Gasteiger partial charge in [-0.2, -0.15) is 0 Å². The molecule has 10 heavy (non-hydrogen) atoms. The van der Waals surface area contributed by atoms with E-state index in [9.17, 15) is 0 Å². The molecule has 0 aliphatic rings. The Morgan fingerprint density at radius 3 is 2.60 bits per heavy atom. The molecule has 1 rings (SSSR count). The third-order valence-electron chi connectivity index (χ3n) is 1.29. The van der Waals surface area contributed by atoms with Crippen molar-refractivity contribution in [3.63, 3.8) is 0 Å². The van der Waals surface area contributed by atoms with E-state index in [1.165, 1.54) is 6.20 Å². The first-order valence-corrected chi connectivity index (χ1v) is 3.03. The first-order chi connectivity index (χ1) is 4.74. The van der Waals surface area contributed by atoms with Crippen LogP contribution in [0.4, 0.5) is 5.69 Å². The van der Waals surface area contributed by atoms with Gasteiger partial charge in [-0.1, -0.05) is 0 Å². The van der Waals surface area contributed by atoms with Gasteiger partial charge in [0.25, 0.3) is 0 Å². The Morgan fingerprint density at radius 1 is 1.50 bits per heavy atom. The summed E-state index contributed by atoms with van der Waals surface area (Å²) in [6.45, 7) is 0. The molecular formula is C7H11N3. The SMILES string of the molecule is Cn1cc(N)c(/C=C\N)c1. The lowest BCUT2D eigenvalue weighted by Crippen LogP contribution is -1.83. The van der Waals surface area contributed by atoms with E-state index in [-0.39, 0.29) is 0 Å². The Bertz CT molecular complexity index is 247. The molecule has 0 aromatic carbocycles. The van der Waals surface area contributed by atoms with Crippen LogP contribution in [0.25, 0.3) is 6.08 Å². The monoisotopic (exact) mass is 137 g/mol. The van der Waals surface area contributed by atoms with Gasteiger partial charge in [0.1, 0.15) is 0 Å². The first kappa shape index (κ1) is 6.74. The maximum absolute atomic E-state index is 5.60. The van der Waals surface area contributed by atoms with Crippen molar-refractivity contribution in [2.45, 2.75) is 0 Å². The number of anilines is 1. The average Bonchev–Trinajstić information content (AvgIpc) is 2.13. The highest BCUT2D eigenvalue weighted by Gasteiger charge is 1.95. The van der Waals surface area contributed by atoms with Crippen LogP contribution in [-0.2, 0) is 7.05 Å². The maximum Gasteiger partial charge on any atom is 0.0567 e. The van der Waals surface area contributed by atoms with Gasteiger partial charge in [-0.05, 0) is 12.3 Å². The Morgan fingerprint density at radius 2 is 2.20 bits per heavy atom. The summed E-state index contributed by atoms with van der Waals surface area (Å²) >= 11 is 0. The number of aromatic nitrogens is 1. The van der Waals surface area contributed by atoms with E-state index < -0.39 is 0 Å². The summed E-state index contributed by atoms with van der Waals surface area (Å²) in [7, 11) is 1.92. The highest BCUT2D eigenvalue weighted by molar-refractivity contribution is 5.63. The van der Waals surface area contributed by atoms with Gasteiger partial charge in [0.15, 0.2) is 0 Å². The molecule has 1 aromatic heterocycles. The lowest BCUT2D eigenvalue weighted by Gasteiger charge is -1.85. The number of aryl methyl sites for hydroxylation is 1. The van der Waals surface area contributed by atoms with Gasteiger partial charge >= 0.3 is 0 Å². The average molecular weight is 137 g/mol. The second-order valence-electron chi connectivity index (χ2n) is 2.19. The topological polar surface area (TPSA) is 57.0 Å². The second-order valence-corrected chi connectivity index (χ2v) is 2.19. The number of hydrogen-bond acceptors (Lipinski definition) is 2. The van der Waals surface area contributed by atoms with Crippen LogP contribution in [0.2, 0.25) is 0 Å². The smallest absolute Gasteiger partial charge is 0.0567 e. The van der Waals surface area contributed by atoms with E-state index in [0.717, 1.165) is 11.3 Å². The van der Waals surface area contributed by atoms with Crippen molar-refractivity contribution < 1.29 is 0 Å². The zero-order chi connectivity index (χ0) is 7.56. The van der Waals surface area contributed by atoms with Crippen molar-refractivity contribution >= 4 is 11.8 Å².